The van der Waals surface area contributed by atoms with E-state index in [1.165, 1.54) is 6.42 Å². The molecule has 0 aliphatic heterocycles. The van der Waals surface area contributed by atoms with E-state index in [1.54, 1.807) is 7.11 Å². The van der Waals surface area contributed by atoms with Gasteiger partial charge < -0.3 is 14.5 Å². The maximum atomic E-state index is 5.04. The van der Waals surface area contributed by atoms with E-state index in [4.69, 9.17) is 4.74 Å². The number of hydrogen-bond acceptors (Lipinski definition) is 3. The van der Waals surface area contributed by atoms with Crippen molar-refractivity contribution < 1.29 is 4.74 Å². The van der Waals surface area contributed by atoms with Crippen LogP contribution in [0.1, 0.15) is 13.3 Å². The van der Waals surface area contributed by atoms with Crippen molar-refractivity contribution >= 4 is 0 Å². The predicted octanol–water partition coefficient (Wildman–Crippen LogP) is 0.905. The molecule has 0 amide bonds. The summed E-state index contributed by atoms with van der Waals surface area (Å²) in [5.74, 6) is 0. The highest BCUT2D eigenvalue weighted by Gasteiger charge is 2.08. The molecule has 0 N–H and O–H groups in total. The van der Waals surface area contributed by atoms with Crippen molar-refractivity contribution in [3.63, 3.8) is 0 Å². The molecule has 0 aromatic carbocycles. The third-order valence-electron chi connectivity index (χ3n) is 2.39. The maximum Gasteiger partial charge on any atom is 0.0589 e. The molecule has 0 aliphatic rings. The number of ether oxygens (including phenoxy) is 1. The molecule has 3 nitrogen and oxygen atoms in total. The Labute approximate surface area is 82.7 Å². The third kappa shape index (κ3) is 6.99. The second-order valence-electron chi connectivity index (χ2n) is 3.91. The fraction of sp³-hybridized carbons (Fsp3) is 1.00. The van der Waals surface area contributed by atoms with Crippen LogP contribution in [0.2, 0.25) is 0 Å². The average Bonchev–Trinajstić information content (AvgIpc) is 2.10. The van der Waals surface area contributed by atoms with E-state index in [1.807, 2.05) is 0 Å². The maximum absolute atomic E-state index is 5.04. The van der Waals surface area contributed by atoms with Crippen LogP contribution in [0.4, 0.5) is 0 Å². The van der Waals surface area contributed by atoms with Crippen molar-refractivity contribution in [2.45, 2.75) is 19.4 Å². The highest BCUT2D eigenvalue weighted by molar-refractivity contribution is 4.64. The second-order valence-corrected chi connectivity index (χ2v) is 3.91. The van der Waals surface area contributed by atoms with E-state index in [9.17, 15) is 0 Å². The molecule has 80 valence electrons. The Hall–Kier alpha value is -0.120. The van der Waals surface area contributed by atoms with Gasteiger partial charge in [-0.25, -0.2) is 0 Å². The van der Waals surface area contributed by atoms with E-state index in [-0.39, 0.29) is 0 Å². The Morgan fingerprint density at radius 3 is 2.23 bits per heavy atom. The molecule has 0 radical (unpaired) electrons. The number of methoxy groups -OCH3 is 1. The van der Waals surface area contributed by atoms with Crippen LogP contribution < -0.4 is 0 Å². The highest BCUT2D eigenvalue weighted by Crippen LogP contribution is 2.00. The van der Waals surface area contributed by atoms with E-state index in [2.05, 4.69) is 37.9 Å². The van der Waals surface area contributed by atoms with Gasteiger partial charge >= 0.3 is 0 Å². The van der Waals surface area contributed by atoms with Crippen LogP contribution in [-0.4, -0.2) is 63.8 Å². The minimum Gasteiger partial charge on any atom is -0.383 e. The van der Waals surface area contributed by atoms with Gasteiger partial charge in [-0.1, -0.05) is 0 Å². The minimum atomic E-state index is 0.637. The molecule has 0 spiro atoms. The molecule has 0 aromatic rings. The van der Waals surface area contributed by atoms with Gasteiger partial charge in [-0.2, -0.15) is 0 Å². The van der Waals surface area contributed by atoms with E-state index in [0.29, 0.717) is 6.04 Å². The summed E-state index contributed by atoms with van der Waals surface area (Å²) in [5, 5.41) is 0. The zero-order valence-electron chi connectivity index (χ0n) is 9.71. The molecule has 1 unspecified atom stereocenters. The van der Waals surface area contributed by atoms with Gasteiger partial charge in [-0.3, -0.25) is 0 Å². The molecule has 0 rings (SSSR count). The van der Waals surface area contributed by atoms with Gasteiger partial charge in [0.05, 0.1) is 6.61 Å². The largest absolute Gasteiger partial charge is 0.383 e. The van der Waals surface area contributed by atoms with Crippen LogP contribution >= 0.6 is 0 Å². The lowest BCUT2D eigenvalue weighted by atomic mass is 10.2. The first-order valence-corrected chi connectivity index (χ1v) is 4.91. The summed E-state index contributed by atoms with van der Waals surface area (Å²) >= 11 is 0. The molecular formula is C10H24N2O. The predicted molar refractivity (Wildman–Crippen MR) is 57.1 cm³/mol. The van der Waals surface area contributed by atoms with Crippen molar-refractivity contribution in [1.82, 2.24) is 9.80 Å². The number of nitrogens with zero attached hydrogens (tertiary/aromatic N) is 2. The smallest absolute Gasteiger partial charge is 0.0589 e. The Kier molecular flexibility index (Phi) is 7.23. The summed E-state index contributed by atoms with van der Waals surface area (Å²) in [6.45, 7) is 5.26. The Morgan fingerprint density at radius 2 is 1.77 bits per heavy atom. The molecule has 0 aromatic heterocycles. The Balaban J connectivity index is 3.50. The molecule has 0 aliphatic carbocycles. The molecule has 0 heterocycles. The van der Waals surface area contributed by atoms with Crippen LogP contribution in [0, 0.1) is 0 Å². The molecule has 13 heavy (non-hydrogen) atoms. The second kappa shape index (κ2) is 7.30. The summed E-state index contributed by atoms with van der Waals surface area (Å²) in [4.78, 5) is 4.56. The first-order chi connectivity index (χ1) is 6.07. The number of rotatable bonds is 7. The topological polar surface area (TPSA) is 15.7 Å². The summed E-state index contributed by atoms with van der Waals surface area (Å²) in [7, 11) is 8.13. The van der Waals surface area contributed by atoms with Crippen LogP contribution in [-0.2, 0) is 4.74 Å². The molecule has 0 fully saturated rings. The van der Waals surface area contributed by atoms with Crippen molar-refractivity contribution in [3.8, 4) is 0 Å². The first kappa shape index (κ1) is 12.9. The van der Waals surface area contributed by atoms with Crippen molar-refractivity contribution in [2.75, 3.05) is 47.9 Å². The van der Waals surface area contributed by atoms with Gasteiger partial charge in [0.15, 0.2) is 0 Å². The van der Waals surface area contributed by atoms with Gasteiger partial charge in [-0.15, -0.1) is 0 Å². The molecule has 0 bridgehead atoms. The lowest BCUT2D eigenvalue weighted by molar-refractivity contribution is 0.137. The minimum absolute atomic E-state index is 0.637. The van der Waals surface area contributed by atoms with Gasteiger partial charge in [0.1, 0.15) is 0 Å². The van der Waals surface area contributed by atoms with Crippen molar-refractivity contribution in [3.05, 3.63) is 0 Å². The van der Waals surface area contributed by atoms with E-state index >= 15 is 0 Å². The molecule has 3 heteroatoms. The van der Waals surface area contributed by atoms with Crippen molar-refractivity contribution in [1.29, 1.82) is 0 Å². The zero-order valence-corrected chi connectivity index (χ0v) is 9.71. The monoisotopic (exact) mass is 188 g/mol. The summed E-state index contributed by atoms with van der Waals surface area (Å²) in [6.07, 6.45) is 1.22. The normalized spacial score (nSPS) is 14.1. The lowest BCUT2D eigenvalue weighted by Crippen LogP contribution is -2.34. The highest BCUT2D eigenvalue weighted by atomic mass is 16.5. The first-order valence-electron chi connectivity index (χ1n) is 4.91. The quantitative estimate of drug-likeness (QED) is 0.590. The third-order valence-corrected chi connectivity index (χ3v) is 2.39. The Bertz CT molecular complexity index is 117. The zero-order chi connectivity index (χ0) is 10.3. The average molecular weight is 188 g/mol. The lowest BCUT2D eigenvalue weighted by Gasteiger charge is -2.25. The molecule has 1 atom stereocenters. The molecular weight excluding hydrogens is 164 g/mol. The van der Waals surface area contributed by atoms with Gasteiger partial charge in [0, 0.05) is 19.7 Å². The summed E-state index contributed by atoms with van der Waals surface area (Å²) in [5.41, 5.74) is 0. The number of likely N-dealkylation sites (N-methyl/N-ethyl adjacent to an activating group) is 1. The standard InChI is InChI=1S/C10H24N2O/c1-10(6-7-11(2)3)12(4)8-9-13-5/h10H,6-9H2,1-5H3. The van der Waals surface area contributed by atoms with Crippen molar-refractivity contribution in [2.24, 2.45) is 0 Å². The summed E-state index contributed by atoms with van der Waals surface area (Å²) in [6, 6.07) is 0.637. The Morgan fingerprint density at radius 1 is 1.15 bits per heavy atom. The van der Waals surface area contributed by atoms with E-state index in [0.717, 1.165) is 19.7 Å². The molecule has 0 saturated heterocycles. The van der Waals surface area contributed by atoms with Crippen LogP contribution in [0.25, 0.3) is 0 Å². The van der Waals surface area contributed by atoms with Crippen LogP contribution in [0.5, 0.6) is 0 Å². The van der Waals surface area contributed by atoms with Crippen LogP contribution in [0.15, 0.2) is 0 Å². The molecule has 0 saturated carbocycles. The summed E-state index contributed by atoms with van der Waals surface area (Å²) < 4.78 is 5.04. The van der Waals surface area contributed by atoms with E-state index < -0.39 is 0 Å². The van der Waals surface area contributed by atoms with Gasteiger partial charge in [-0.05, 0) is 41.0 Å². The SMILES string of the molecule is COCCN(C)C(C)CCN(C)C. The fourth-order valence-electron chi connectivity index (χ4n) is 1.12. The van der Waals surface area contributed by atoms with Crippen LogP contribution in [0.3, 0.4) is 0 Å². The number of hydrogen-bond donors (Lipinski definition) is 0. The van der Waals surface area contributed by atoms with Gasteiger partial charge in [0.25, 0.3) is 0 Å². The fourth-order valence-corrected chi connectivity index (χ4v) is 1.12. The van der Waals surface area contributed by atoms with Gasteiger partial charge in [0.2, 0.25) is 0 Å².